The van der Waals surface area contributed by atoms with Crippen molar-refractivity contribution in [1.82, 2.24) is 9.80 Å². The predicted octanol–water partition coefficient (Wildman–Crippen LogP) is 3.72. The van der Waals surface area contributed by atoms with Crippen LogP contribution in [0.2, 0.25) is 0 Å². The van der Waals surface area contributed by atoms with Crippen molar-refractivity contribution in [3.05, 3.63) is 35.4 Å². The fourth-order valence-electron chi connectivity index (χ4n) is 3.69. The number of carbonyl (C=O) groups excluding carboxylic acids is 1. The second-order valence-electron chi connectivity index (χ2n) is 7.84. The van der Waals surface area contributed by atoms with E-state index >= 15 is 0 Å². The number of carbonyl (C=O) groups is 1. The number of hydrogen-bond acceptors (Lipinski definition) is 2. The van der Waals surface area contributed by atoms with Crippen LogP contribution < -0.4 is 0 Å². The van der Waals surface area contributed by atoms with Gasteiger partial charge < -0.3 is 9.80 Å². The van der Waals surface area contributed by atoms with E-state index in [4.69, 9.17) is 0 Å². The second kappa shape index (κ2) is 8.15. The Morgan fingerprint density at radius 3 is 2.25 bits per heavy atom. The highest BCUT2D eigenvalue weighted by atomic mass is 16.2. The second-order valence-corrected chi connectivity index (χ2v) is 7.84. The molecule has 1 aliphatic heterocycles. The van der Waals surface area contributed by atoms with Crippen LogP contribution in [0.25, 0.3) is 0 Å². The molecule has 0 atom stereocenters. The third kappa shape index (κ3) is 5.07. The molecule has 3 nitrogen and oxygen atoms in total. The van der Waals surface area contributed by atoms with E-state index in [0.717, 1.165) is 24.9 Å². The number of piperidine rings is 1. The van der Waals surface area contributed by atoms with E-state index in [0.29, 0.717) is 6.42 Å². The molecule has 3 heteroatoms. The molecule has 0 aromatic heterocycles. The number of hydrogen-bond donors (Lipinski definition) is 0. The van der Waals surface area contributed by atoms with Gasteiger partial charge in [-0.05, 0) is 75.2 Å². The Kier molecular flexibility index (Phi) is 5.94. The zero-order valence-electron chi connectivity index (χ0n) is 15.3. The van der Waals surface area contributed by atoms with Crippen molar-refractivity contribution in [2.75, 3.05) is 26.7 Å². The van der Waals surface area contributed by atoms with Crippen molar-refractivity contribution in [3.8, 4) is 0 Å². The zero-order chi connectivity index (χ0) is 16.9. The van der Waals surface area contributed by atoms with Crippen molar-refractivity contribution in [1.29, 1.82) is 0 Å². The molecule has 3 rings (SSSR count). The highest BCUT2D eigenvalue weighted by Gasteiger charge is 2.26. The normalized spacial score (nSPS) is 19.4. The summed E-state index contributed by atoms with van der Waals surface area (Å²) in [5.41, 5.74) is 2.72. The molecule has 1 aromatic carbocycles. The Bertz CT molecular complexity index is 527. The molecule has 0 radical (unpaired) electrons. The smallest absolute Gasteiger partial charge is 0.222 e. The summed E-state index contributed by atoms with van der Waals surface area (Å²) in [6, 6.07) is 9.01. The summed E-state index contributed by atoms with van der Waals surface area (Å²) in [5, 5.41) is 0. The minimum Gasteiger partial charge on any atom is -0.338 e. The molecule has 1 saturated carbocycles. The quantitative estimate of drug-likeness (QED) is 0.761. The number of rotatable bonds is 7. The van der Waals surface area contributed by atoms with Crippen LogP contribution in [0.3, 0.4) is 0 Å². The average molecular weight is 329 g/mol. The van der Waals surface area contributed by atoms with Gasteiger partial charge in [0.25, 0.3) is 0 Å². The molecule has 0 unspecified atom stereocenters. The molecule has 1 saturated heterocycles. The maximum absolute atomic E-state index is 12.2. The summed E-state index contributed by atoms with van der Waals surface area (Å²) >= 11 is 0. The third-order valence-corrected chi connectivity index (χ3v) is 5.59. The van der Waals surface area contributed by atoms with Crippen molar-refractivity contribution < 1.29 is 4.79 Å². The van der Waals surface area contributed by atoms with Gasteiger partial charge in [0.15, 0.2) is 0 Å². The highest BCUT2D eigenvalue weighted by molar-refractivity contribution is 5.75. The molecule has 0 bridgehead atoms. The van der Waals surface area contributed by atoms with Gasteiger partial charge in [-0.25, -0.2) is 0 Å². The van der Waals surface area contributed by atoms with E-state index in [1.807, 2.05) is 6.92 Å². The van der Waals surface area contributed by atoms with Crippen molar-refractivity contribution in [3.63, 3.8) is 0 Å². The predicted molar refractivity (Wildman–Crippen MR) is 98.8 cm³/mol. The lowest BCUT2D eigenvalue weighted by Gasteiger charge is -2.29. The summed E-state index contributed by atoms with van der Waals surface area (Å²) in [6.07, 6.45) is 7.04. The lowest BCUT2D eigenvalue weighted by atomic mass is 9.90. The molecular formula is C21H32N2O. The van der Waals surface area contributed by atoms with Gasteiger partial charge >= 0.3 is 0 Å². The average Bonchev–Trinajstić information content (AvgIpc) is 3.41. The number of nitrogens with zero attached hydrogens (tertiary/aromatic N) is 2. The first-order valence-corrected chi connectivity index (χ1v) is 9.68. The van der Waals surface area contributed by atoms with Gasteiger partial charge in [-0.15, -0.1) is 0 Å². The minimum atomic E-state index is 0.289. The van der Waals surface area contributed by atoms with Gasteiger partial charge in [0.2, 0.25) is 5.91 Å². The van der Waals surface area contributed by atoms with Gasteiger partial charge in [0, 0.05) is 19.5 Å². The first-order valence-electron chi connectivity index (χ1n) is 9.68. The van der Waals surface area contributed by atoms with Crippen LogP contribution in [0.5, 0.6) is 0 Å². The van der Waals surface area contributed by atoms with Crippen LogP contribution in [0.1, 0.15) is 50.2 Å². The first kappa shape index (κ1) is 17.5. The Hall–Kier alpha value is -1.35. The van der Waals surface area contributed by atoms with Crippen molar-refractivity contribution >= 4 is 5.91 Å². The van der Waals surface area contributed by atoms with E-state index in [2.05, 4.69) is 41.1 Å². The van der Waals surface area contributed by atoms with E-state index in [-0.39, 0.29) is 5.91 Å². The van der Waals surface area contributed by atoms with Crippen LogP contribution in [0, 0.1) is 11.8 Å². The van der Waals surface area contributed by atoms with E-state index in [1.165, 1.54) is 56.3 Å². The number of benzene rings is 1. The monoisotopic (exact) mass is 328 g/mol. The van der Waals surface area contributed by atoms with Gasteiger partial charge in [-0.3, -0.25) is 4.79 Å². The molecule has 2 fully saturated rings. The van der Waals surface area contributed by atoms with Crippen molar-refractivity contribution in [2.24, 2.45) is 11.8 Å². The molecule has 0 spiro atoms. The summed E-state index contributed by atoms with van der Waals surface area (Å²) in [7, 11) is 2.22. The molecule has 2 aliphatic rings. The standard InChI is InChI=1S/C21H32N2O/c1-3-21(24)23(16-20-8-9-20)15-19-6-4-17(5-7-19)14-18-10-12-22(2)13-11-18/h4-7,18,20H,3,8-16H2,1-2H3. The van der Waals surface area contributed by atoms with E-state index in [1.54, 1.807) is 0 Å². The highest BCUT2D eigenvalue weighted by Crippen LogP contribution is 2.30. The molecule has 24 heavy (non-hydrogen) atoms. The fraction of sp³-hybridized carbons (Fsp3) is 0.667. The Balaban J connectivity index is 1.53. The van der Waals surface area contributed by atoms with Crippen LogP contribution in [0.4, 0.5) is 0 Å². The molecule has 1 aromatic rings. The fourth-order valence-corrected chi connectivity index (χ4v) is 3.69. The molecule has 1 heterocycles. The lowest BCUT2D eigenvalue weighted by molar-refractivity contribution is -0.131. The van der Waals surface area contributed by atoms with E-state index < -0.39 is 0 Å². The number of likely N-dealkylation sites (tertiary alicyclic amines) is 1. The van der Waals surface area contributed by atoms with Crippen LogP contribution in [0.15, 0.2) is 24.3 Å². The molecular weight excluding hydrogens is 296 g/mol. The summed E-state index contributed by atoms with van der Waals surface area (Å²) in [6.45, 7) is 6.16. The van der Waals surface area contributed by atoms with Gasteiger partial charge in [-0.2, -0.15) is 0 Å². The molecule has 1 amide bonds. The minimum absolute atomic E-state index is 0.289. The summed E-state index contributed by atoms with van der Waals surface area (Å²) in [4.78, 5) is 16.6. The first-order chi connectivity index (χ1) is 11.6. The van der Waals surface area contributed by atoms with Gasteiger partial charge in [0.1, 0.15) is 0 Å². The Labute approximate surface area is 147 Å². The zero-order valence-corrected chi connectivity index (χ0v) is 15.3. The maximum atomic E-state index is 12.2. The Morgan fingerprint density at radius 2 is 1.67 bits per heavy atom. The lowest BCUT2D eigenvalue weighted by Crippen LogP contribution is -2.31. The maximum Gasteiger partial charge on any atom is 0.222 e. The van der Waals surface area contributed by atoms with Gasteiger partial charge in [0.05, 0.1) is 0 Å². The molecule has 0 N–H and O–H groups in total. The summed E-state index contributed by atoms with van der Waals surface area (Å²) in [5.74, 6) is 1.88. The third-order valence-electron chi connectivity index (χ3n) is 5.59. The molecule has 1 aliphatic carbocycles. The Morgan fingerprint density at radius 1 is 1.04 bits per heavy atom. The number of amides is 1. The molecule has 132 valence electrons. The summed E-state index contributed by atoms with van der Waals surface area (Å²) < 4.78 is 0. The topological polar surface area (TPSA) is 23.6 Å². The SMILES string of the molecule is CCC(=O)N(Cc1ccc(CC2CCN(C)CC2)cc1)CC1CC1. The van der Waals surface area contributed by atoms with Gasteiger partial charge in [-0.1, -0.05) is 31.2 Å². The van der Waals surface area contributed by atoms with Crippen LogP contribution in [-0.4, -0.2) is 42.4 Å². The van der Waals surface area contributed by atoms with Crippen LogP contribution in [-0.2, 0) is 17.8 Å². The van der Waals surface area contributed by atoms with Crippen molar-refractivity contribution in [2.45, 2.75) is 52.0 Å². The largest absolute Gasteiger partial charge is 0.338 e. The van der Waals surface area contributed by atoms with E-state index in [9.17, 15) is 4.79 Å². The van der Waals surface area contributed by atoms with Crippen LogP contribution >= 0.6 is 0 Å².